The number of ether oxygens (including phenoxy) is 1. The van der Waals surface area contributed by atoms with Crippen LogP contribution in [0, 0.1) is 11.3 Å². The third kappa shape index (κ3) is 2.93. The summed E-state index contributed by atoms with van der Waals surface area (Å²) in [6.07, 6.45) is 0. The first-order chi connectivity index (χ1) is 9.28. The Balaban J connectivity index is 2.51. The van der Waals surface area contributed by atoms with Gasteiger partial charge in [0.25, 0.3) is 0 Å². The predicted molar refractivity (Wildman–Crippen MR) is 75.9 cm³/mol. The van der Waals surface area contributed by atoms with E-state index in [1.807, 2.05) is 49.5 Å². The van der Waals surface area contributed by atoms with Crippen LogP contribution in [0.25, 0.3) is 11.1 Å². The zero-order valence-electron chi connectivity index (χ0n) is 11.1. The maximum atomic E-state index is 8.98. The molecule has 0 saturated heterocycles. The van der Waals surface area contributed by atoms with Gasteiger partial charge in [0.15, 0.2) is 0 Å². The number of rotatable bonds is 4. The van der Waals surface area contributed by atoms with E-state index in [0.29, 0.717) is 5.56 Å². The molecule has 96 valence electrons. The molecule has 19 heavy (non-hydrogen) atoms. The lowest BCUT2D eigenvalue weighted by molar-refractivity contribution is 0.414. The highest BCUT2D eigenvalue weighted by molar-refractivity contribution is 5.69. The molecule has 0 spiro atoms. The first-order valence-corrected chi connectivity index (χ1v) is 6.10. The lowest BCUT2D eigenvalue weighted by Gasteiger charge is -2.11. The molecule has 0 aromatic heterocycles. The molecule has 0 amide bonds. The topological polar surface area (TPSA) is 45.0 Å². The van der Waals surface area contributed by atoms with Crippen LogP contribution in [0.1, 0.15) is 11.1 Å². The van der Waals surface area contributed by atoms with E-state index in [1.165, 1.54) is 0 Å². The van der Waals surface area contributed by atoms with Gasteiger partial charge < -0.3 is 10.1 Å². The maximum Gasteiger partial charge on any atom is 0.119 e. The van der Waals surface area contributed by atoms with Crippen LogP contribution >= 0.6 is 0 Å². The van der Waals surface area contributed by atoms with E-state index in [9.17, 15) is 0 Å². The van der Waals surface area contributed by atoms with E-state index in [1.54, 1.807) is 7.11 Å². The minimum atomic E-state index is 0.670. The number of hydrogen-bond acceptors (Lipinski definition) is 3. The number of hydrogen-bond donors (Lipinski definition) is 1. The van der Waals surface area contributed by atoms with Crippen molar-refractivity contribution in [1.82, 2.24) is 5.32 Å². The van der Waals surface area contributed by atoms with Crippen molar-refractivity contribution < 1.29 is 4.74 Å². The van der Waals surface area contributed by atoms with E-state index >= 15 is 0 Å². The van der Waals surface area contributed by atoms with E-state index in [2.05, 4.69) is 11.4 Å². The van der Waals surface area contributed by atoms with Crippen LogP contribution in [0.4, 0.5) is 0 Å². The maximum absolute atomic E-state index is 8.98. The number of benzene rings is 2. The van der Waals surface area contributed by atoms with Gasteiger partial charge in [-0.2, -0.15) is 5.26 Å². The standard InChI is InChI=1S/C16H16N2O/c1-18-11-14-9-15(19-2)6-7-16(14)13-5-3-4-12(8-13)10-17/h3-9,18H,11H2,1-2H3. The van der Waals surface area contributed by atoms with Gasteiger partial charge in [-0.3, -0.25) is 0 Å². The lowest BCUT2D eigenvalue weighted by Crippen LogP contribution is -2.06. The van der Waals surface area contributed by atoms with Gasteiger partial charge in [0.2, 0.25) is 0 Å². The van der Waals surface area contributed by atoms with E-state index < -0.39 is 0 Å². The van der Waals surface area contributed by atoms with E-state index in [4.69, 9.17) is 10.00 Å². The Morgan fingerprint density at radius 3 is 2.74 bits per heavy atom. The summed E-state index contributed by atoms with van der Waals surface area (Å²) in [5, 5.41) is 12.1. The number of nitrogens with one attached hydrogen (secondary N) is 1. The first-order valence-electron chi connectivity index (χ1n) is 6.10. The molecule has 2 aromatic rings. The molecule has 0 aliphatic carbocycles. The Labute approximate surface area is 113 Å². The average molecular weight is 252 g/mol. The third-order valence-corrected chi connectivity index (χ3v) is 2.98. The van der Waals surface area contributed by atoms with Gasteiger partial charge in [0, 0.05) is 6.54 Å². The van der Waals surface area contributed by atoms with Gasteiger partial charge in [-0.25, -0.2) is 0 Å². The minimum absolute atomic E-state index is 0.670. The molecule has 0 aliphatic heterocycles. The Bertz CT molecular complexity index is 614. The van der Waals surface area contributed by atoms with Crippen molar-refractivity contribution in [2.45, 2.75) is 6.54 Å². The molecule has 0 heterocycles. The zero-order valence-corrected chi connectivity index (χ0v) is 11.1. The highest BCUT2D eigenvalue weighted by Gasteiger charge is 2.07. The smallest absolute Gasteiger partial charge is 0.119 e. The first kappa shape index (κ1) is 13.1. The summed E-state index contributed by atoms with van der Waals surface area (Å²) in [5.41, 5.74) is 3.99. The molecular formula is C16H16N2O. The van der Waals surface area contributed by atoms with Crippen LogP contribution in [0.5, 0.6) is 5.75 Å². The summed E-state index contributed by atoms with van der Waals surface area (Å²) in [5.74, 6) is 0.838. The second kappa shape index (κ2) is 6.03. The molecule has 3 nitrogen and oxygen atoms in total. The second-order valence-electron chi connectivity index (χ2n) is 4.25. The van der Waals surface area contributed by atoms with Gasteiger partial charge in [-0.05, 0) is 48.0 Å². The molecule has 2 rings (SSSR count). The fraction of sp³-hybridized carbons (Fsp3) is 0.188. The Morgan fingerprint density at radius 2 is 2.05 bits per heavy atom. The minimum Gasteiger partial charge on any atom is -0.497 e. The Morgan fingerprint density at radius 1 is 1.21 bits per heavy atom. The number of nitrogens with zero attached hydrogens (tertiary/aromatic N) is 1. The van der Waals surface area contributed by atoms with Crippen molar-refractivity contribution in [2.75, 3.05) is 14.2 Å². The molecule has 0 atom stereocenters. The van der Waals surface area contributed by atoms with Crippen LogP contribution < -0.4 is 10.1 Å². The van der Waals surface area contributed by atoms with Crippen LogP contribution in [0.2, 0.25) is 0 Å². The Kier molecular flexibility index (Phi) is 4.17. The molecular weight excluding hydrogens is 236 g/mol. The van der Waals surface area contributed by atoms with Gasteiger partial charge in [-0.1, -0.05) is 18.2 Å². The second-order valence-corrected chi connectivity index (χ2v) is 4.25. The molecule has 0 radical (unpaired) electrons. The zero-order chi connectivity index (χ0) is 13.7. The SMILES string of the molecule is CNCc1cc(OC)ccc1-c1cccc(C#N)c1. The highest BCUT2D eigenvalue weighted by atomic mass is 16.5. The summed E-state index contributed by atoms with van der Waals surface area (Å²) < 4.78 is 5.26. The van der Waals surface area contributed by atoms with Crippen molar-refractivity contribution in [2.24, 2.45) is 0 Å². The molecule has 2 aromatic carbocycles. The van der Waals surface area contributed by atoms with Crippen molar-refractivity contribution in [1.29, 1.82) is 5.26 Å². The van der Waals surface area contributed by atoms with Crippen molar-refractivity contribution in [3.05, 3.63) is 53.6 Å². The predicted octanol–water partition coefficient (Wildman–Crippen LogP) is 2.95. The van der Waals surface area contributed by atoms with Gasteiger partial charge in [-0.15, -0.1) is 0 Å². The molecule has 0 saturated carbocycles. The number of methoxy groups -OCH3 is 1. The van der Waals surface area contributed by atoms with Gasteiger partial charge in [0.05, 0.1) is 18.7 Å². The quantitative estimate of drug-likeness (QED) is 0.910. The van der Waals surface area contributed by atoms with Crippen molar-refractivity contribution >= 4 is 0 Å². The number of nitriles is 1. The fourth-order valence-electron chi connectivity index (χ4n) is 2.07. The normalized spacial score (nSPS) is 9.95. The average Bonchev–Trinajstić information content (AvgIpc) is 2.47. The summed E-state index contributed by atoms with van der Waals surface area (Å²) in [7, 11) is 3.57. The molecule has 0 bridgehead atoms. The van der Waals surface area contributed by atoms with Crippen LogP contribution in [0.3, 0.4) is 0 Å². The van der Waals surface area contributed by atoms with Crippen molar-refractivity contribution in [3.63, 3.8) is 0 Å². The highest BCUT2D eigenvalue weighted by Crippen LogP contribution is 2.28. The van der Waals surface area contributed by atoms with Crippen LogP contribution in [-0.2, 0) is 6.54 Å². The van der Waals surface area contributed by atoms with E-state index in [0.717, 1.165) is 29.0 Å². The largest absolute Gasteiger partial charge is 0.497 e. The Hall–Kier alpha value is -2.31. The van der Waals surface area contributed by atoms with Crippen LogP contribution in [-0.4, -0.2) is 14.2 Å². The van der Waals surface area contributed by atoms with E-state index in [-0.39, 0.29) is 0 Å². The van der Waals surface area contributed by atoms with Gasteiger partial charge >= 0.3 is 0 Å². The monoisotopic (exact) mass is 252 g/mol. The summed E-state index contributed by atoms with van der Waals surface area (Å²) in [6, 6.07) is 15.8. The molecule has 0 fully saturated rings. The van der Waals surface area contributed by atoms with Crippen molar-refractivity contribution in [3.8, 4) is 22.9 Å². The molecule has 0 aliphatic rings. The molecule has 3 heteroatoms. The van der Waals surface area contributed by atoms with Crippen LogP contribution in [0.15, 0.2) is 42.5 Å². The molecule has 1 N–H and O–H groups in total. The van der Waals surface area contributed by atoms with Gasteiger partial charge in [0.1, 0.15) is 5.75 Å². The lowest BCUT2D eigenvalue weighted by atomic mass is 9.98. The summed E-state index contributed by atoms with van der Waals surface area (Å²) >= 11 is 0. The fourth-order valence-corrected chi connectivity index (χ4v) is 2.07. The summed E-state index contributed by atoms with van der Waals surface area (Å²) in [4.78, 5) is 0. The summed E-state index contributed by atoms with van der Waals surface area (Å²) in [6.45, 7) is 0.753. The molecule has 0 unspecified atom stereocenters. The third-order valence-electron chi connectivity index (χ3n) is 2.98.